The topological polar surface area (TPSA) is 68.5 Å². The van der Waals surface area contributed by atoms with Gasteiger partial charge in [-0.3, -0.25) is 4.79 Å². The fourth-order valence-electron chi connectivity index (χ4n) is 2.27. The zero-order chi connectivity index (χ0) is 13.8. The summed E-state index contributed by atoms with van der Waals surface area (Å²) in [5, 5.41) is 0. The molecule has 1 aliphatic heterocycles. The molecule has 0 radical (unpaired) electrons. The van der Waals surface area contributed by atoms with Gasteiger partial charge in [0, 0.05) is 18.9 Å². The molecule has 1 atom stereocenters. The number of amides is 1. The minimum absolute atomic E-state index is 0.0786. The molecule has 0 spiro atoms. The second-order valence-electron chi connectivity index (χ2n) is 4.64. The van der Waals surface area contributed by atoms with Gasteiger partial charge in [-0.05, 0) is 31.0 Å². The molecule has 0 N–H and O–H groups in total. The molecule has 2 aromatic heterocycles. The van der Waals surface area contributed by atoms with E-state index in [1.54, 1.807) is 35.5 Å². The molecule has 1 saturated heterocycles. The van der Waals surface area contributed by atoms with Crippen LogP contribution in [0.2, 0.25) is 0 Å². The summed E-state index contributed by atoms with van der Waals surface area (Å²) in [4.78, 5) is 22.0. The SMILES string of the molecule is O=C(c1ccco1)N1CCC[C@H](Oc2ncccn2)C1. The Morgan fingerprint density at radius 1 is 1.35 bits per heavy atom. The lowest BCUT2D eigenvalue weighted by atomic mass is 10.1. The molecule has 3 rings (SSSR count). The minimum Gasteiger partial charge on any atom is -0.459 e. The van der Waals surface area contributed by atoms with Crippen LogP contribution in [-0.2, 0) is 0 Å². The van der Waals surface area contributed by atoms with Crippen molar-refractivity contribution in [2.75, 3.05) is 13.1 Å². The highest BCUT2D eigenvalue weighted by Crippen LogP contribution is 2.17. The third-order valence-corrected chi connectivity index (χ3v) is 3.21. The molecular weight excluding hydrogens is 258 g/mol. The highest BCUT2D eigenvalue weighted by molar-refractivity contribution is 5.91. The Morgan fingerprint density at radius 2 is 2.20 bits per heavy atom. The van der Waals surface area contributed by atoms with Gasteiger partial charge in [0.2, 0.25) is 0 Å². The average molecular weight is 273 g/mol. The molecule has 0 aromatic carbocycles. The number of aromatic nitrogens is 2. The first-order valence-corrected chi connectivity index (χ1v) is 6.59. The van der Waals surface area contributed by atoms with Gasteiger partial charge in [-0.15, -0.1) is 0 Å². The van der Waals surface area contributed by atoms with Crippen LogP contribution in [0, 0.1) is 0 Å². The van der Waals surface area contributed by atoms with E-state index in [1.165, 1.54) is 6.26 Å². The smallest absolute Gasteiger partial charge is 0.316 e. The Morgan fingerprint density at radius 3 is 2.95 bits per heavy atom. The summed E-state index contributed by atoms with van der Waals surface area (Å²) in [5.74, 6) is 0.263. The largest absolute Gasteiger partial charge is 0.459 e. The number of piperidine rings is 1. The van der Waals surface area contributed by atoms with Gasteiger partial charge in [-0.25, -0.2) is 9.97 Å². The summed E-state index contributed by atoms with van der Waals surface area (Å²) >= 11 is 0. The van der Waals surface area contributed by atoms with Gasteiger partial charge in [-0.1, -0.05) is 0 Å². The summed E-state index contributed by atoms with van der Waals surface area (Å²) in [6.45, 7) is 1.24. The van der Waals surface area contributed by atoms with Crippen LogP contribution in [-0.4, -0.2) is 40.0 Å². The molecule has 3 heterocycles. The maximum Gasteiger partial charge on any atom is 0.316 e. The van der Waals surface area contributed by atoms with E-state index >= 15 is 0 Å². The summed E-state index contributed by atoms with van der Waals surface area (Å²) in [6.07, 6.45) is 6.48. The van der Waals surface area contributed by atoms with Gasteiger partial charge >= 0.3 is 6.01 Å². The molecule has 0 bridgehead atoms. The van der Waals surface area contributed by atoms with E-state index in [9.17, 15) is 4.79 Å². The van der Waals surface area contributed by atoms with Crippen molar-refractivity contribution in [2.45, 2.75) is 18.9 Å². The number of ether oxygens (including phenoxy) is 1. The lowest BCUT2D eigenvalue weighted by molar-refractivity contribution is 0.0489. The fraction of sp³-hybridized carbons (Fsp3) is 0.357. The van der Waals surface area contributed by atoms with Crippen LogP contribution in [0.1, 0.15) is 23.4 Å². The molecule has 0 aliphatic carbocycles. The van der Waals surface area contributed by atoms with E-state index in [-0.39, 0.29) is 12.0 Å². The Kier molecular flexibility index (Phi) is 3.62. The van der Waals surface area contributed by atoms with Gasteiger partial charge < -0.3 is 14.1 Å². The second-order valence-corrected chi connectivity index (χ2v) is 4.64. The zero-order valence-corrected chi connectivity index (χ0v) is 10.9. The average Bonchev–Trinajstić information content (AvgIpc) is 3.02. The molecule has 0 unspecified atom stereocenters. The van der Waals surface area contributed by atoms with Crippen LogP contribution >= 0.6 is 0 Å². The van der Waals surface area contributed by atoms with E-state index < -0.39 is 0 Å². The monoisotopic (exact) mass is 273 g/mol. The number of rotatable bonds is 3. The Balaban J connectivity index is 1.63. The van der Waals surface area contributed by atoms with Gasteiger partial charge in [0.15, 0.2) is 5.76 Å². The Hall–Kier alpha value is -2.37. The van der Waals surface area contributed by atoms with E-state index in [1.807, 2.05) is 0 Å². The first kappa shape index (κ1) is 12.7. The molecule has 1 amide bonds. The van der Waals surface area contributed by atoms with Crippen molar-refractivity contribution in [1.29, 1.82) is 0 Å². The minimum atomic E-state index is -0.0997. The van der Waals surface area contributed by atoms with Crippen molar-refractivity contribution in [3.05, 3.63) is 42.6 Å². The summed E-state index contributed by atoms with van der Waals surface area (Å²) in [6, 6.07) is 5.47. The van der Waals surface area contributed by atoms with E-state index in [4.69, 9.17) is 9.15 Å². The highest BCUT2D eigenvalue weighted by Gasteiger charge is 2.27. The molecule has 104 valence electrons. The number of nitrogens with zero attached hydrogens (tertiary/aromatic N) is 3. The molecule has 2 aromatic rings. The summed E-state index contributed by atoms with van der Waals surface area (Å²) in [5.41, 5.74) is 0. The molecule has 0 saturated carbocycles. The summed E-state index contributed by atoms with van der Waals surface area (Å²) in [7, 11) is 0. The highest BCUT2D eigenvalue weighted by atomic mass is 16.5. The molecular formula is C14H15N3O3. The lowest BCUT2D eigenvalue weighted by Gasteiger charge is -2.31. The normalized spacial score (nSPS) is 18.8. The van der Waals surface area contributed by atoms with E-state index in [2.05, 4.69) is 9.97 Å². The van der Waals surface area contributed by atoms with Gasteiger partial charge in [0.25, 0.3) is 5.91 Å². The van der Waals surface area contributed by atoms with Crippen molar-refractivity contribution in [2.24, 2.45) is 0 Å². The maximum absolute atomic E-state index is 12.2. The predicted octanol–water partition coefficient (Wildman–Crippen LogP) is 1.75. The van der Waals surface area contributed by atoms with Gasteiger partial charge in [0.1, 0.15) is 6.10 Å². The van der Waals surface area contributed by atoms with Crippen LogP contribution in [0.15, 0.2) is 41.3 Å². The number of carbonyl (C=O) groups excluding carboxylic acids is 1. The van der Waals surface area contributed by atoms with Crippen LogP contribution in [0.4, 0.5) is 0 Å². The van der Waals surface area contributed by atoms with E-state index in [0.717, 1.165) is 19.4 Å². The number of carbonyl (C=O) groups is 1. The van der Waals surface area contributed by atoms with Crippen LogP contribution in [0.5, 0.6) is 6.01 Å². The molecule has 6 nitrogen and oxygen atoms in total. The Bertz CT molecular complexity index is 556. The van der Waals surface area contributed by atoms with Crippen LogP contribution < -0.4 is 4.74 Å². The van der Waals surface area contributed by atoms with Crippen LogP contribution in [0.25, 0.3) is 0 Å². The quantitative estimate of drug-likeness (QED) is 0.852. The van der Waals surface area contributed by atoms with Crippen molar-refractivity contribution in [3.63, 3.8) is 0 Å². The van der Waals surface area contributed by atoms with Crippen molar-refractivity contribution < 1.29 is 13.9 Å². The van der Waals surface area contributed by atoms with Gasteiger partial charge in [0.05, 0.1) is 12.8 Å². The Labute approximate surface area is 116 Å². The second kappa shape index (κ2) is 5.73. The predicted molar refractivity (Wildman–Crippen MR) is 70.3 cm³/mol. The lowest BCUT2D eigenvalue weighted by Crippen LogP contribution is -2.44. The maximum atomic E-state index is 12.2. The molecule has 6 heteroatoms. The standard InChI is InChI=1S/C14H15N3O3/c18-13(12-5-2-9-19-12)17-8-1-4-11(10-17)20-14-15-6-3-7-16-14/h2-3,5-7,9,11H,1,4,8,10H2/t11-/m0/s1. The number of hydrogen-bond donors (Lipinski definition) is 0. The third kappa shape index (κ3) is 2.79. The fourth-order valence-corrected chi connectivity index (χ4v) is 2.27. The zero-order valence-electron chi connectivity index (χ0n) is 10.9. The number of likely N-dealkylation sites (tertiary alicyclic amines) is 1. The van der Waals surface area contributed by atoms with E-state index in [0.29, 0.717) is 18.3 Å². The number of hydrogen-bond acceptors (Lipinski definition) is 5. The first-order valence-electron chi connectivity index (χ1n) is 6.59. The first-order chi connectivity index (χ1) is 9.83. The van der Waals surface area contributed by atoms with Crippen molar-refractivity contribution >= 4 is 5.91 Å². The third-order valence-electron chi connectivity index (χ3n) is 3.21. The molecule has 1 fully saturated rings. The number of furan rings is 1. The van der Waals surface area contributed by atoms with Gasteiger partial charge in [-0.2, -0.15) is 0 Å². The van der Waals surface area contributed by atoms with Crippen molar-refractivity contribution in [3.8, 4) is 6.01 Å². The summed E-state index contributed by atoms with van der Waals surface area (Å²) < 4.78 is 10.9. The van der Waals surface area contributed by atoms with Crippen molar-refractivity contribution in [1.82, 2.24) is 14.9 Å². The molecule has 20 heavy (non-hydrogen) atoms. The molecule has 1 aliphatic rings. The van der Waals surface area contributed by atoms with Crippen LogP contribution in [0.3, 0.4) is 0 Å².